The predicted octanol–water partition coefficient (Wildman–Crippen LogP) is 1.76. The maximum atomic E-state index is 4.95. The highest BCUT2D eigenvalue weighted by atomic mass is 16.5. The smallest absolute Gasteiger partial charge is 0.0783 e. The van der Waals surface area contributed by atoms with Crippen molar-refractivity contribution >= 4 is 0 Å². The van der Waals surface area contributed by atoms with Crippen LogP contribution in [0.25, 0.3) is 0 Å². The summed E-state index contributed by atoms with van der Waals surface area (Å²) in [5.74, 6) is 0. The van der Waals surface area contributed by atoms with Crippen molar-refractivity contribution < 1.29 is 4.74 Å². The molecule has 46 valence electrons. The molecule has 0 saturated carbocycles. The van der Waals surface area contributed by atoms with Crippen molar-refractivity contribution in [2.24, 2.45) is 0 Å². The zero-order chi connectivity index (χ0) is 6.41. The van der Waals surface area contributed by atoms with Gasteiger partial charge in [0.1, 0.15) is 0 Å². The lowest BCUT2D eigenvalue weighted by atomic mass is 10.2. The third-order valence-electron chi connectivity index (χ3n) is 0.965. The summed E-state index contributed by atoms with van der Waals surface area (Å²) in [7, 11) is 1.66. The Hall–Kier alpha value is -0.560. The van der Waals surface area contributed by atoms with E-state index in [-0.39, 0.29) is 6.10 Å². The molecule has 0 N–H and O–H groups in total. The number of hydrogen-bond acceptors (Lipinski definition) is 1. The standard InChI is InChI=1S/C7H12O/c1-4-6-7(5-2)8-3/h4-5,7H,1-2,6H2,3H3. The topological polar surface area (TPSA) is 9.23 Å². The van der Waals surface area contributed by atoms with E-state index in [9.17, 15) is 0 Å². The summed E-state index contributed by atoms with van der Waals surface area (Å²) in [5.41, 5.74) is 0. The lowest BCUT2D eigenvalue weighted by Gasteiger charge is -2.04. The Morgan fingerprint density at radius 1 is 1.62 bits per heavy atom. The van der Waals surface area contributed by atoms with E-state index in [1.54, 1.807) is 13.2 Å². The first-order valence-electron chi connectivity index (χ1n) is 2.61. The van der Waals surface area contributed by atoms with E-state index in [0.29, 0.717) is 0 Å². The average molecular weight is 112 g/mol. The Morgan fingerprint density at radius 2 is 2.25 bits per heavy atom. The van der Waals surface area contributed by atoms with Crippen molar-refractivity contribution in [2.75, 3.05) is 7.11 Å². The first-order valence-corrected chi connectivity index (χ1v) is 2.61. The molecule has 0 fully saturated rings. The van der Waals surface area contributed by atoms with Crippen molar-refractivity contribution in [3.05, 3.63) is 25.3 Å². The molecule has 0 amide bonds. The Bertz CT molecular complexity index is 76.5. The summed E-state index contributed by atoms with van der Waals surface area (Å²) >= 11 is 0. The van der Waals surface area contributed by atoms with Crippen LogP contribution >= 0.6 is 0 Å². The van der Waals surface area contributed by atoms with E-state index in [1.165, 1.54) is 0 Å². The van der Waals surface area contributed by atoms with Crippen LogP contribution in [0.4, 0.5) is 0 Å². The molecule has 0 aliphatic rings. The Labute approximate surface area is 50.7 Å². The van der Waals surface area contributed by atoms with Gasteiger partial charge < -0.3 is 4.74 Å². The molecule has 0 radical (unpaired) electrons. The Morgan fingerprint density at radius 3 is 2.38 bits per heavy atom. The summed E-state index contributed by atoms with van der Waals surface area (Å²) < 4.78 is 4.95. The fourth-order valence-electron chi connectivity index (χ4n) is 0.453. The highest BCUT2D eigenvalue weighted by molar-refractivity contribution is 4.85. The minimum absolute atomic E-state index is 0.146. The fourth-order valence-corrected chi connectivity index (χ4v) is 0.453. The molecule has 1 heteroatoms. The van der Waals surface area contributed by atoms with Gasteiger partial charge in [-0.2, -0.15) is 0 Å². The van der Waals surface area contributed by atoms with Crippen molar-refractivity contribution in [3.8, 4) is 0 Å². The molecule has 0 spiro atoms. The quantitative estimate of drug-likeness (QED) is 0.503. The highest BCUT2D eigenvalue weighted by Gasteiger charge is 1.94. The largest absolute Gasteiger partial charge is 0.377 e. The molecule has 1 atom stereocenters. The maximum absolute atomic E-state index is 4.95. The van der Waals surface area contributed by atoms with Gasteiger partial charge in [0.2, 0.25) is 0 Å². The first kappa shape index (κ1) is 7.44. The summed E-state index contributed by atoms with van der Waals surface area (Å²) in [5, 5.41) is 0. The first-order chi connectivity index (χ1) is 3.85. The van der Waals surface area contributed by atoms with E-state index < -0.39 is 0 Å². The number of methoxy groups -OCH3 is 1. The monoisotopic (exact) mass is 112 g/mol. The SMILES string of the molecule is C=CCC(C=C)OC. The molecule has 1 unspecified atom stereocenters. The van der Waals surface area contributed by atoms with Gasteiger partial charge in [-0.3, -0.25) is 0 Å². The second kappa shape index (κ2) is 4.60. The Balaban J connectivity index is 3.35. The van der Waals surface area contributed by atoms with Crippen LogP contribution in [0.1, 0.15) is 6.42 Å². The van der Waals surface area contributed by atoms with Gasteiger partial charge in [0.15, 0.2) is 0 Å². The summed E-state index contributed by atoms with van der Waals surface area (Å²) in [6.45, 7) is 7.15. The molecule has 0 bridgehead atoms. The summed E-state index contributed by atoms with van der Waals surface area (Å²) in [4.78, 5) is 0. The van der Waals surface area contributed by atoms with Gasteiger partial charge in [-0.1, -0.05) is 12.2 Å². The molecule has 0 saturated heterocycles. The Kier molecular flexibility index (Phi) is 4.27. The van der Waals surface area contributed by atoms with E-state index in [0.717, 1.165) is 6.42 Å². The van der Waals surface area contributed by atoms with Crippen LogP contribution in [-0.2, 0) is 4.74 Å². The average Bonchev–Trinajstić information content (AvgIpc) is 1.83. The van der Waals surface area contributed by atoms with Crippen molar-refractivity contribution in [1.29, 1.82) is 0 Å². The minimum atomic E-state index is 0.146. The summed E-state index contributed by atoms with van der Waals surface area (Å²) in [6, 6.07) is 0. The second-order valence-corrected chi connectivity index (χ2v) is 1.53. The van der Waals surface area contributed by atoms with E-state index in [1.807, 2.05) is 6.08 Å². The van der Waals surface area contributed by atoms with Crippen LogP contribution in [-0.4, -0.2) is 13.2 Å². The molecule has 0 rings (SSSR count). The molecule has 0 aromatic carbocycles. The molecule has 0 aliphatic heterocycles. The molecule has 0 aliphatic carbocycles. The van der Waals surface area contributed by atoms with Gasteiger partial charge in [0.05, 0.1) is 6.10 Å². The van der Waals surface area contributed by atoms with E-state index in [4.69, 9.17) is 4.74 Å². The van der Waals surface area contributed by atoms with Crippen LogP contribution in [0, 0.1) is 0 Å². The highest BCUT2D eigenvalue weighted by Crippen LogP contribution is 1.96. The van der Waals surface area contributed by atoms with Crippen molar-refractivity contribution in [1.82, 2.24) is 0 Å². The van der Waals surface area contributed by atoms with Gasteiger partial charge in [-0.05, 0) is 6.42 Å². The van der Waals surface area contributed by atoms with Crippen LogP contribution in [0.15, 0.2) is 25.3 Å². The predicted molar refractivity (Wildman–Crippen MR) is 35.8 cm³/mol. The molecule has 8 heavy (non-hydrogen) atoms. The van der Waals surface area contributed by atoms with Crippen LogP contribution in [0.3, 0.4) is 0 Å². The van der Waals surface area contributed by atoms with Crippen LogP contribution in [0.5, 0.6) is 0 Å². The van der Waals surface area contributed by atoms with Gasteiger partial charge >= 0.3 is 0 Å². The second-order valence-electron chi connectivity index (χ2n) is 1.53. The lowest BCUT2D eigenvalue weighted by molar-refractivity contribution is 0.144. The molecule has 1 nitrogen and oxygen atoms in total. The number of hydrogen-bond donors (Lipinski definition) is 0. The van der Waals surface area contributed by atoms with Gasteiger partial charge in [-0.25, -0.2) is 0 Å². The zero-order valence-corrected chi connectivity index (χ0v) is 5.26. The minimum Gasteiger partial charge on any atom is -0.377 e. The van der Waals surface area contributed by atoms with E-state index in [2.05, 4.69) is 13.2 Å². The van der Waals surface area contributed by atoms with Gasteiger partial charge in [-0.15, -0.1) is 13.2 Å². The van der Waals surface area contributed by atoms with Gasteiger partial charge in [0, 0.05) is 7.11 Å². The number of ether oxygens (including phenoxy) is 1. The molecule has 0 aromatic rings. The molecule has 0 heterocycles. The lowest BCUT2D eigenvalue weighted by Crippen LogP contribution is -2.03. The maximum Gasteiger partial charge on any atom is 0.0783 e. The van der Waals surface area contributed by atoms with Crippen LogP contribution in [0.2, 0.25) is 0 Å². The van der Waals surface area contributed by atoms with Crippen LogP contribution < -0.4 is 0 Å². The summed E-state index contributed by atoms with van der Waals surface area (Å²) in [6.07, 6.45) is 4.57. The van der Waals surface area contributed by atoms with Crippen molar-refractivity contribution in [3.63, 3.8) is 0 Å². The van der Waals surface area contributed by atoms with Gasteiger partial charge in [0.25, 0.3) is 0 Å². The molecule has 0 aromatic heterocycles. The molecular weight excluding hydrogens is 100 g/mol. The third-order valence-corrected chi connectivity index (χ3v) is 0.965. The number of rotatable bonds is 4. The fraction of sp³-hybridized carbons (Fsp3) is 0.429. The molecular formula is C7H12O. The zero-order valence-electron chi connectivity index (χ0n) is 5.26. The normalized spacial score (nSPS) is 12.6. The van der Waals surface area contributed by atoms with Crippen molar-refractivity contribution in [2.45, 2.75) is 12.5 Å². The van der Waals surface area contributed by atoms with E-state index >= 15 is 0 Å². The third kappa shape index (κ3) is 2.59.